The molecule has 0 aromatic carbocycles. The molecule has 0 fully saturated rings. The Kier molecular flexibility index (Phi) is 1.74. The van der Waals surface area contributed by atoms with Gasteiger partial charge in [0.1, 0.15) is 0 Å². The Hall–Kier alpha value is -1.47. The predicted octanol–water partition coefficient (Wildman–Crippen LogP) is 2.15. The molecule has 4 heteroatoms. The molecule has 2 rings (SSSR count). The van der Waals surface area contributed by atoms with Crippen molar-refractivity contribution in [3.05, 3.63) is 22.5 Å². The molecule has 0 unspecified atom stereocenters. The molecule has 0 radical (unpaired) electrons. The van der Waals surface area contributed by atoms with E-state index in [0.717, 1.165) is 9.86 Å². The Morgan fingerprint density at radius 3 is 3.08 bits per heavy atom. The third kappa shape index (κ3) is 1.18. The molecule has 2 N–H and O–H groups in total. The van der Waals surface area contributed by atoms with Crippen LogP contribution in [0.5, 0.6) is 0 Å². The topological polar surface area (TPSA) is 52.0 Å². The first-order chi connectivity index (χ1) is 6.22. The van der Waals surface area contributed by atoms with Crippen LogP contribution in [0.1, 0.15) is 5.76 Å². The van der Waals surface area contributed by atoms with Crippen LogP contribution in [0.2, 0.25) is 0 Å². The summed E-state index contributed by atoms with van der Waals surface area (Å²) in [5.74, 6) is 2.69. The number of nitrogen functional groups attached to an aromatic ring is 1. The van der Waals surface area contributed by atoms with E-state index in [0.29, 0.717) is 17.2 Å². The fourth-order valence-corrected chi connectivity index (χ4v) is 1.41. The average Bonchev–Trinajstić information content (AvgIpc) is 2.44. The quantitative estimate of drug-likeness (QED) is 0.714. The van der Waals surface area contributed by atoms with Gasteiger partial charge >= 0.3 is 0 Å². The van der Waals surface area contributed by atoms with Crippen molar-refractivity contribution in [1.29, 1.82) is 0 Å². The molecule has 2 aromatic rings. The molecule has 2 heterocycles. The SMILES string of the molecule is C#Cc1oc2ncc(Br)cc2c1N. The maximum Gasteiger partial charge on any atom is 0.229 e. The van der Waals surface area contributed by atoms with Gasteiger partial charge in [-0.1, -0.05) is 0 Å². The van der Waals surface area contributed by atoms with Gasteiger partial charge in [-0.2, -0.15) is 0 Å². The molecule has 13 heavy (non-hydrogen) atoms. The number of fused-ring (bicyclic) bond motifs is 1. The Bertz CT molecular complexity index is 510. The lowest BCUT2D eigenvalue weighted by molar-refractivity contribution is 0.591. The minimum absolute atomic E-state index is 0.334. The summed E-state index contributed by atoms with van der Waals surface area (Å²) in [6.07, 6.45) is 6.82. The molecular formula is C9H5BrN2O. The van der Waals surface area contributed by atoms with Gasteiger partial charge in [-0.05, 0) is 27.9 Å². The molecule has 0 saturated heterocycles. The number of hydrogen-bond acceptors (Lipinski definition) is 3. The number of halogens is 1. The van der Waals surface area contributed by atoms with Gasteiger partial charge in [0.05, 0.1) is 11.1 Å². The van der Waals surface area contributed by atoms with Crippen molar-refractivity contribution in [1.82, 2.24) is 4.98 Å². The standard InChI is InChI=1S/C9H5BrN2O/c1-2-7-8(11)6-3-5(10)4-12-9(6)13-7/h1,3-4H,11H2. The van der Waals surface area contributed by atoms with Gasteiger partial charge in [-0.3, -0.25) is 0 Å². The third-order valence-electron chi connectivity index (χ3n) is 1.68. The summed E-state index contributed by atoms with van der Waals surface area (Å²) in [6, 6.07) is 1.82. The normalized spacial score (nSPS) is 10.2. The van der Waals surface area contributed by atoms with E-state index < -0.39 is 0 Å². The van der Waals surface area contributed by atoms with E-state index in [-0.39, 0.29) is 0 Å². The molecule has 2 aromatic heterocycles. The number of nitrogens with zero attached hydrogens (tertiary/aromatic N) is 1. The van der Waals surface area contributed by atoms with Crippen molar-refractivity contribution in [2.45, 2.75) is 0 Å². The van der Waals surface area contributed by atoms with Crippen molar-refractivity contribution in [2.75, 3.05) is 5.73 Å². The number of anilines is 1. The summed E-state index contributed by atoms with van der Waals surface area (Å²) in [6.45, 7) is 0. The summed E-state index contributed by atoms with van der Waals surface area (Å²) in [5, 5.41) is 0.738. The highest BCUT2D eigenvalue weighted by Crippen LogP contribution is 2.28. The van der Waals surface area contributed by atoms with Crippen molar-refractivity contribution in [3.63, 3.8) is 0 Å². The van der Waals surface area contributed by atoms with Crippen LogP contribution in [-0.4, -0.2) is 4.98 Å². The van der Waals surface area contributed by atoms with Gasteiger partial charge in [0.25, 0.3) is 0 Å². The Balaban J connectivity index is 2.87. The first-order valence-corrected chi connectivity index (χ1v) is 4.32. The summed E-state index contributed by atoms with van der Waals surface area (Å²) in [4.78, 5) is 4.02. The van der Waals surface area contributed by atoms with Crippen LogP contribution in [0.15, 0.2) is 21.2 Å². The van der Waals surface area contributed by atoms with Gasteiger partial charge in [0, 0.05) is 10.7 Å². The number of aromatic nitrogens is 1. The number of pyridine rings is 1. The summed E-state index contributed by atoms with van der Waals surface area (Å²) >= 11 is 3.29. The second-order valence-corrected chi connectivity index (χ2v) is 3.41. The second-order valence-electron chi connectivity index (χ2n) is 2.50. The van der Waals surface area contributed by atoms with Crippen LogP contribution in [0, 0.1) is 12.3 Å². The molecular weight excluding hydrogens is 232 g/mol. The first-order valence-electron chi connectivity index (χ1n) is 3.52. The zero-order chi connectivity index (χ0) is 9.42. The molecule has 0 saturated carbocycles. The van der Waals surface area contributed by atoms with Gasteiger partial charge in [0.2, 0.25) is 11.5 Å². The molecule has 0 spiro atoms. The third-order valence-corrected chi connectivity index (χ3v) is 2.12. The van der Waals surface area contributed by atoms with Crippen LogP contribution in [0.25, 0.3) is 11.1 Å². The monoisotopic (exact) mass is 236 g/mol. The zero-order valence-corrected chi connectivity index (χ0v) is 8.13. The zero-order valence-electron chi connectivity index (χ0n) is 6.54. The maximum absolute atomic E-state index is 5.72. The number of furan rings is 1. The van der Waals surface area contributed by atoms with E-state index in [2.05, 4.69) is 26.8 Å². The highest BCUT2D eigenvalue weighted by molar-refractivity contribution is 9.10. The summed E-state index contributed by atoms with van der Waals surface area (Å²) in [7, 11) is 0. The van der Waals surface area contributed by atoms with Crippen LogP contribution in [-0.2, 0) is 0 Å². The first kappa shape index (κ1) is 8.14. The maximum atomic E-state index is 5.72. The van der Waals surface area contributed by atoms with Crippen LogP contribution < -0.4 is 5.73 Å². The van der Waals surface area contributed by atoms with Crippen molar-refractivity contribution >= 4 is 32.7 Å². The number of rotatable bonds is 0. The van der Waals surface area contributed by atoms with E-state index in [1.54, 1.807) is 6.20 Å². The molecule has 0 amide bonds. The van der Waals surface area contributed by atoms with Crippen LogP contribution >= 0.6 is 15.9 Å². The molecule has 0 aliphatic heterocycles. The fourth-order valence-electron chi connectivity index (χ4n) is 1.08. The smallest absolute Gasteiger partial charge is 0.229 e. The Morgan fingerprint density at radius 2 is 2.38 bits per heavy atom. The molecule has 0 aliphatic carbocycles. The molecule has 0 aliphatic rings. The van der Waals surface area contributed by atoms with Gasteiger partial charge in [-0.15, -0.1) is 6.42 Å². The number of terminal acetylenes is 1. The van der Waals surface area contributed by atoms with Gasteiger partial charge in [0.15, 0.2) is 0 Å². The minimum Gasteiger partial charge on any atom is -0.427 e. The second kappa shape index (κ2) is 2.79. The van der Waals surface area contributed by atoms with E-state index in [1.807, 2.05) is 6.07 Å². The van der Waals surface area contributed by atoms with Crippen molar-refractivity contribution in [2.24, 2.45) is 0 Å². The largest absolute Gasteiger partial charge is 0.427 e. The summed E-state index contributed by atoms with van der Waals surface area (Å²) < 4.78 is 6.05. The van der Waals surface area contributed by atoms with Crippen LogP contribution in [0.4, 0.5) is 5.69 Å². The lowest BCUT2D eigenvalue weighted by Gasteiger charge is -1.89. The van der Waals surface area contributed by atoms with E-state index >= 15 is 0 Å². The Morgan fingerprint density at radius 1 is 1.62 bits per heavy atom. The molecule has 64 valence electrons. The highest BCUT2D eigenvalue weighted by Gasteiger charge is 2.10. The summed E-state index contributed by atoms with van der Waals surface area (Å²) in [5.41, 5.74) is 6.65. The van der Waals surface area contributed by atoms with Crippen molar-refractivity contribution in [3.8, 4) is 12.3 Å². The number of nitrogens with two attached hydrogens (primary N) is 1. The van der Waals surface area contributed by atoms with E-state index in [9.17, 15) is 0 Å². The average molecular weight is 237 g/mol. The van der Waals surface area contributed by atoms with Gasteiger partial charge < -0.3 is 10.2 Å². The molecule has 3 nitrogen and oxygen atoms in total. The van der Waals surface area contributed by atoms with E-state index in [4.69, 9.17) is 16.6 Å². The molecule has 0 atom stereocenters. The lowest BCUT2D eigenvalue weighted by atomic mass is 10.3. The number of hydrogen-bond donors (Lipinski definition) is 1. The Labute approximate surface area is 83.1 Å². The lowest BCUT2D eigenvalue weighted by Crippen LogP contribution is -1.84. The predicted molar refractivity (Wildman–Crippen MR) is 54.1 cm³/mol. The highest BCUT2D eigenvalue weighted by atomic mass is 79.9. The van der Waals surface area contributed by atoms with E-state index in [1.165, 1.54) is 0 Å². The van der Waals surface area contributed by atoms with Crippen molar-refractivity contribution < 1.29 is 4.42 Å². The van der Waals surface area contributed by atoms with Gasteiger partial charge in [-0.25, -0.2) is 4.98 Å². The van der Waals surface area contributed by atoms with Crippen LogP contribution in [0.3, 0.4) is 0 Å². The fraction of sp³-hybridized carbons (Fsp3) is 0. The minimum atomic E-state index is 0.334. The molecule has 0 bridgehead atoms.